The highest BCUT2D eigenvalue weighted by atomic mass is 35.5. The lowest BCUT2D eigenvalue weighted by Crippen LogP contribution is -2.36. The summed E-state index contributed by atoms with van der Waals surface area (Å²) >= 11 is 12.2. The lowest BCUT2D eigenvalue weighted by Gasteiger charge is -2.26. The minimum Gasteiger partial charge on any atom is -0.337 e. The molecule has 0 spiro atoms. The Hall–Kier alpha value is -2.39. The van der Waals surface area contributed by atoms with E-state index in [0.717, 1.165) is 28.0 Å². The number of imidazole rings is 1. The molecule has 0 saturated heterocycles. The normalized spacial score (nSPS) is 14.8. The van der Waals surface area contributed by atoms with E-state index in [-0.39, 0.29) is 21.5 Å². The third-order valence-corrected chi connectivity index (χ3v) is 8.57. The van der Waals surface area contributed by atoms with Crippen molar-refractivity contribution >= 4 is 44.3 Å². The van der Waals surface area contributed by atoms with Crippen LogP contribution in [0.1, 0.15) is 22.4 Å². The Morgan fingerprint density at radius 1 is 1.13 bits per heavy atom. The van der Waals surface area contributed by atoms with Crippen molar-refractivity contribution in [3.05, 3.63) is 62.8 Å². The molecule has 2 aromatic carbocycles. The van der Waals surface area contributed by atoms with Crippen LogP contribution < -0.4 is 0 Å². The van der Waals surface area contributed by atoms with E-state index in [0.29, 0.717) is 18.8 Å². The zero-order valence-electron chi connectivity index (χ0n) is 16.8. The predicted molar refractivity (Wildman–Crippen MR) is 121 cm³/mol. The van der Waals surface area contributed by atoms with E-state index >= 15 is 0 Å². The van der Waals surface area contributed by atoms with Gasteiger partial charge in [-0.05, 0) is 55.7 Å². The van der Waals surface area contributed by atoms with Crippen molar-refractivity contribution in [1.82, 2.24) is 24.5 Å². The number of hydrogen-bond acceptors (Lipinski definition) is 4. The molecule has 2 aromatic heterocycles. The second-order valence-corrected chi connectivity index (χ2v) is 10.4. The minimum atomic E-state index is -3.80. The molecule has 10 heteroatoms. The summed E-state index contributed by atoms with van der Waals surface area (Å²) in [6, 6.07) is 8.73. The van der Waals surface area contributed by atoms with Gasteiger partial charge in [0.25, 0.3) is 0 Å². The fraction of sp³-hybridized carbons (Fsp3) is 0.238. The zero-order chi connectivity index (χ0) is 21.9. The van der Waals surface area contributed by atoms with Gasteiger partial charge in [0, 0.05) is 12.1 Å². The van der Waals surface area contributed by atoms with Crippen LogP contribution in [0.5, 0.6) is 0 Å². The Bertz CT molecular complexity index is 1400. The number of aryl methyl sites for hydroxylation is 2. The van der Waals surface area contributed by atoms with Crippen molar-refractivity contribution in [2.45, 2.75) is 31.7 Å². The Kier molecular flexibility index (Phi) is 4.86. The van der Waals surface area contributed by atoms with E-state index in [1.54, 1.807) is 12.1 Å². The minimum absolute atomic E-state index is 0.00730. The third-order valence-electron chi connectivity index (χ3n) is 5.75. The number of H-pyrrole nitrogens is 2. The first-order chi connectivity index (χ1) is 14.8. The van der Waals surface area contributed by atoms with Crippen molar-refractivity contribution in [2.24, 2.45) is 0 Å². The van der Waals surface area contributed by atoms with Gasteiger partial charge in [-0.1, -0.05) is 29.3 Å². The summed E-state index contributed by atoms with van der Waals surface area (Å²) in [6.45, 7) is 4.60. The van der Waals surface area contributed by atoms with Crippen LogP contribution in [0.15, 0.2) is 35.2 Å². The smallest absolute Gasteiger partial charge is 0.244 e. The molecule has 0 saturated carbocycles. The summed E-state index contributed by atoms with van der Waals surface area (Å²) in [5.74, 6) is 0.673. The maximum Gasteiger partial charge on any atom is 0.244 e. The number of sulfonamides is 1. The second-order valence-electron chi connectivity index (χ2n) is 7.71. The van der Waals surface area contributed by atoms with E-state index in [1.807, 2.05) is 6.07 Å². The van der Waals surface area contributed by atoms with Gasteiger partial charge < -0.3 is 4.98 Å². The summed E-state index contributed by atoms with van der Waals surface area (Å²) in [5.41, 5.74) is 6.63. The van der Waals surface area contributed by atoms with Crippen molar-refractivity contribution in [2.75, 3.05) is 6.54 Å². The van der Waals surface area contributed by atoms with E-state index in [1.165, 1.54) is 21.5 Å². The molecule has 4 aromatic rings. The van der Waals surface area contributed by atoms with E-state index < -0.39 is 10.0 Å². The van der Waals surface area contributed by atoms with Crippen LogP contribution >= 0.6 is 23.2 Å². The number of halogens is 2. The molecule has 1 aliphatic rings. The van der Waals surface area contributed by atoms with Crippen molar-refractivity contribution in [3.63, 3.8) is 0 Å². The quantitative estimate of drug-likeness (QED) is 0.451. The van der Waals surface area contributed by atoms with Gasteiger partial charge >= 0.3 is 0 Å². The Balaban J connectivity index is 1.49. The lowest BCUT2D eigenvalue weighted by molar-refractivity contribution is 0.387. The first kappa shape index (κ1) is 20.5. The molecule has 7 nitrogen and oxygen atoms in total. The van der Waals surface area contributed by atoms with Crippen molar-refractivity contribution in [1.29, 1.82) is 0 Å². The first-order valence-corrected chi connectivity index (χ1v) is 11.9. The molecule has 5 rings (SSSR count). The highest BCUT2D eigenvalue weighted by Gasteiger charge is 2.33. The van der Waals surface area contributed by atoms with E-state index in [4.69, 9.17) is 28.2 Å². The third kappa shape index (κ3) is 3.34. The van der Waals surface area contributed by atoms with Crippen LogP contribution in [0, 0.1) is 13.8 Å². The molecule has 0 fully saturated rings. The largest absolute Gasteiger partial charge is 0.337 e. The fourth-order valence-corrected chi connectivity index (χ4v) is 6.04. The van der Waals surface area contributed by atoms with Crippen LogP contribution in [0.3, 0.4) is 0 Å². The molecule has 0 amide bonds. The fourth-order valence-electron chi connectivity index (χ4n) is 3.90. The second kappa shape index (κ2) is 7.34. The van der Waals surface area contributed by atoms with Gasteiger partial charge in [-0.25, -0.2) is 13.4 Å². The summed E-state index contributed by atoms with van der Waals surface area (Å²) in [6.07, 6.45) is 0.508. The summed E-state index contributed by atoms with van der Waals surface area (Å²) < 4.78 is 27.7. The summed E-state index contributed by atoms with van der Waals surface area (Å²) in [5, 5.41) is 7.68. The molecule has 0 bridgehead atoms. The van der Waals surface area contributed by atoms with Gasteiger partial charge in [-0.2, -0.15) is 9.40 Å². The maximum atomic E-state index is 13.2. The van der Waals surface area contributed by atoms with Gasteiger partial charge in [-0.3, -0.25) is 5.10 Å². The van der Waals surface area contributed by atoms with Gasteiger partial charge in [0.1, 0.15) is 10.6 Å². The number of aromatic amines is 2. The lowest BCUT2D eigenvalue weighted by atomic mass is 10.1. The standard InChI is InChI=1S/C21H19Cl2N5O2S/c1-11-8-15-16(9-12(11)2)25-21(24-15)20-13-6-7-28(10-17(13)26-27-20)31(29,30)18-5-3-4-14(22)19(18)23/h3-5,8-9H,6-7,10H2,1-2H3,(H,24,25)(H,26,27). The number of aromatic nitrogens is 4. The number of benzene rings is 2. The molecule has 0 radical (unpaired) electrons. The van der Waals surface area contributed by atoms with E-state index in [9.17, 15) is 8.42 Å². The Labute approximate surface area is 189 Å². The highest BCUT2D eigenvalue weighted by Crippen LogP contribution is 2.34. The number of nitrogens with one attached hydrogen (secondary N) is 2. The molecular weight excluding hydrogens is 457 g/mol. The van der Waals surface area contributed by atoms with Gasteiger partial charge in [0.2, 0.25) is 10.0 Å². The molecule has 2 N–H and O–H groups in total. The molecule has 0 unspecified atom stereocenters. The first-order valence-electron chi connectivity index (χ1n) is 9.73. The van der Waals surface area contributed by atoms with Crippen LogP contribution in [0.2, 0.25) is 10.0 Å². The van der Waals surface area contributed by atoms with Crippen LogP contribution in [-0.2, 0) is 23.0 Å². The molecule has 3 heterocycles. The average Bonchev–Trinajstić information content (AvgIpc) is 3.33. The van der Waals surface area contributed by atoms with Crippen LogP contribution in [0.25, 0.3) is 22.6 Å². The Morgan fingerprint density at radius 2 is 1.90 bits per heavy atom. The van der Waals surface area contributed by atoms with E-state index in [2.05, 4.69) is 35.1 Å². The van der Waals surface area contributed by atoms with Crippen LogP contribution in [-0.4, -0.2) is 39.4 Å². The number of nitrogens with zero attached hydrogens (tertiary/aromatic N) is 3. The maximum absolute atomic E-state index is 13.2. The average molecular weight is 476 g/mol. The number of hydrogen-bond donors (Lipinski definition) is 2. The molecule has 0 aliphatic carbocycles. The molecule has 31 heavy (non-hydrogen) atoms. The zero-order valence-corrected chi connectivity index (χ0v) is 19.2. The Morgan fingerprint density at radius 3 is 2.71 bits per heavy atom. The summed E-state index contributed by atoms with van der Waals surface area (Å²) in [4.78, 5) is 8.05. The van der Waals surface area contributed by atoms with Gasteiger partial charge in [0.15, 0.2) is 5.82 Å². The van der Waals surface area contributed by atoms with Gasteiger partial charge in [0.05, 0.1) is 33.3 Å². The monoisotopic (exact) mass is 475 g/mol. The van der Waals surface area contributed by atoms with Crippen molar-refractivity contribution in [3.8, 4) is 11.5 Å². The number of fused-ring (bicyclic) bond motifs is 2. The summed E-state index contributed by atoms with van der Waals surface area (Å²) in [7, 11) is -3.80. The topological polar surface area (TPSA) is 94.7 Å². The molecule has 1 aliphatic heterocycles. The molecular formula is C21H19Cl2N5O2S. The predicted octanol–water partition coefficient (Wildman–Crippen LogP) is 4.62. The SMILES string of the molecule is Cc1cc2nc(-c3n[nH]c4c3CCN(S(=O)(=O)c3cccc(Cl)c3Cl)C4)[nH]c2cc1C. The molecule has 160 valence electrons. The highest BCUT2D eigenvalue weighted by molar-refractivity contribution is 7.89. The molecule has 0 atom stereocenters. The van der Waals surface area contributed by atoms with Crippen LogP contribution in [0.4, 0.5) is 0 Å². The van der Waals surface area contributed by atoms with Crippen molar-refractivity contribution < 1.29 is 8.42 Å². The van der Waals surface area contributed by atoms with Gasteiger partial charge in [-0.15, -0.1) is 0 Å². The number of rotatable bonds is 3.